The number of hydrogen-bond acceptors (Lipinski definition) is 6. The molecule has 1 aromatic carbocycles. The summed E-state index contributed by atoms with van der Waals surface area (Å²) in [5.74, 6) is -0.869. The molecule has 9 nitrogen and oxygen atoms in total. The van der Waals surface area contributed by atoms with Crippen molar-refractivity contribution in [3.05, 3.63) is 54.4 Å². The van der Waals surface area contributed by atoms with E-state index in [4.69, 9.17) is 4.74 Å². The molecule has 0 radical (unpaired) electrons. The predicted molar refractivity (Wildman–Crippen MR) is 133 cm³/mol. The van der Waals surface area contributed by atoms with Crippen molar-refractivity contribution >= 4 is 17.6 Å². The monoisotopic (exact) mass is 504 g/mol. The Hall–Kier alpha value is -4.00. The SMILES string of the molecule is CC(C)(C)OC(=O)N1[C@@H]2CC[C@@H](C2)[C@H]1C(=O)N[C@H](C#N)Cc1ccc(-c2cn3ccncc3n2)cc1F. The summed E-state index contributed by atoms with van der Waals surface area (Å²) < 4.78 is 22.4. The summed E-state index contributed by atoms with van der Waals surface area (Å²) in [4.78, 5) is 36.2. The summed E-state index contributed by atoms with van der Waals surface area (Å²) >= 11 is 0. The lowest BCUT2D eigenvalue weighted by atomic mass is 9.97. The number of carbonyl (C=O) groups is 2. The van der Waals surface area contributed by atoms with E-state index in [9.17, 15) is 14.9 Å². The van der Waals surface area contributed by atoms with Crippen LogP contribution in [0.15, 0.2) is 43.0 Å². The zero-order valence-electron chi connectivity index (χ0n) is 21.0. The lowest BCUT2D eigenvalue weighted by molar-refractivity contribution is -0.128. The van der Waals surface area contributed by atoms with Gasteiger partial charge in [-0.25, -0.2) is 14.2 Å². The van der Waals surface area contributed by atoms with Gasteiger partial charge in [0.25, 0.3) is 0 Å². The van der Waals surface area contributed by atoms with Gasteiger partial charge >= 0.3 is 6.09 Å². The minimum absolute atomic E-state index is 0.00328. The van der Waals surface area contributed by atoms with E-state index < -0.39 is 35.5 Å². The quantitative estimate of drug-likeness (QED) is 0.564. The van der Waals surface area contributed by atoms with Gasteiger partial charge in [-0.05, 0) is 57.6 Å². The van der Waals surface area contributed by atoms with E-state index in [0.717, 1.165) is 19.3 Å². The number of fused-ring (bicyclic) bond motifs is 3. The summed E-state index contributed by atoms with van der Waals surface area (Å²) in [6, 6.07) is 5.10. The van der Waals surface area contributed by atoms with E-state index in [1.54, 1.807) is 62.1 Å². The molecule has 1 saturated heterocycles. The van der Waals surface area contributed by atoms with E-state index in [2.05, 4.69) is 21.4 Å². The van der Waals surface area contributed by atoms with Crippen LogP contribution in [0.1, 0.15) is 45.6 Å². The third kappa shape index (κ3) is 4.99. The molecule has 3 heterocycles. The zero-order valence-corrected chi connectivity index (χ0v) is 21.0. The summed E-state index contributed by atoms with van der Waals surface area (Å²) in [6.07, 6.45) is 8.70. The van der Waals surface area contributed by atoms with Gasteiger partial charge in [0.2, 0.25) is 5.91 Å². The van der Waals surface area contributed by atoms with E-state index in [-0.39, 0.29) is 18.4 Å². The number of nitriles is 1. The van der Waals surface area contributed by atoms with Crippen molar-refractivity contribution < 1.29 is 18.7 Å². The lowest BCUT2D eigenvalue weighted by Gasteiger charge is -2.35. The molecule has 2 aromatic heterocycles. The van der Waals surface area contributed by atoms with Gasteiger partial charge in [-0.15, -0.1) is 0 Å². The summed E-state index contributed by atoms with van der Waals surface area (Å²) in [6.45, 7) is 5.35. The Balaban J connectivity index is 1.28. The average molecular weight is 505 g/mol. The highest BCUT2D eigenvalue weighted by molar-refractivity contribution is 5.87. The number of piperidine rings is 1. The largest absolute Gasteiger partial charge is 0.444 e. The molecule has 10 heteroatoms. The van der Waals surface area contributed by atoms with Crippen LogP contribution in [0.25, 0.3) is 16.9 Å². The van der Waals surface area contributed by atoms with E-state index >= 15 is 4.39 Å². The van der Waals surface area contributed by atoms with Gasteiger partial charge in [-0.2, -0.15) is 5.26 Å². The van der Waals surface area contributed by atoms with Gasteiger partial charge in [-0.1, -0.05) is 12.1 Å². The number of imidazole rings is 1. The Kier molecular flexibility index (Phi) is 6.31. The molecule has 1 aliphatic carbocycles. The van der Waals surface area contributed by atoms with E-state index in [1.807, 2.05) is 0 Å². The Morgan fingerprint density at radius 3 is 2.84 bits per heavy atom. The molecule has 2 fully saturated rings. The minimum atomic E-state index is -0.950. The molecule has 0 unspecified atom stereocenters. The number of benzene rings is 1. The van der Waals surface area contributed by atoms with Crippen LogP contribution in [-0.4, -0.2) is 55.0 Å². The van der Waals surface area contributed by atoms with Crippen LogP contribution >= 0.6 is 0 Å². The summed E-state index contributed by atoms with van der Waals surface area (Å²) in [7, 11) is 0. The van der Waals surface area contributed by atoms with Gasteiger partial charge in [-0.3, -0.25) is 14.7 Å². The molecule has 0 spiro atoms. The molecule has 1 aliphatic heterocycles. The molecule has 37 heavy (non-hydrogen) atoms. The van der Waals surface area contributed by atoms with Crippen LogP contribution in [0, 0.1) is 23.1 Å². The van der Waals surface area contributed by atoms with E-state index in [0.29, 0.717) is 22.5 Å². The number of amides is 2. The van der Waals surface area contributed by atoms with Crippen LogP contribution in [0.3, 0.4) is 0 Å². The van der Waals surface area contributed by atoms with Crippen molar-refractivity contribution in [1.82, 2.24) is 24.6 Å². The maximum atomic E-state index is 15.0. The predicted octanol–water partition coefficient (Wildman–Crippen LogP) is 3.87. The van der Waals surface area contributed by atoms with Gasteiger partial charge in [0.1, 0.15) is 23.5 Å². The number of rotatable bonds is 5. The normalized spacial score (nSPS) is 21.6. The first kappa shape index (κ1) is 24.7. The third-order valence-corrected chi connectivity index (χ3v) is 6.97. The molecular formula is C27H29FN6O3. The van der Waals surface area contributed by atoms with Crippen molar-refractivity contribution in [3.63, 3.8) is 0 Å². The second-order valence-corrected chi connectivity index (χ2v) is 10.7. The number of nitrogens with one attached hydrogen (secondary N) is 1. The number of nitrogens with zero attached hydrogens (tertiary/aromatic N) is 5. The molecule has 1 N–H and O–H groups in total. The second-order valence-electron chi connectivity index (χ2n) is 10.7. The van der Waals surface area contributed by atoms with Crippen molar-refractivity contribution in [2.45, 2.75) is 70.2 Å². The Morgan fingerprint density at radius 2 is 2.14 bits per heavy atom. The number of ether oxygens (including phenoxy) is 1. The van der Waals surface area contributed by atoms with Crippen molar-refractivity contribution in [3.8, 4) is 17.3 Å². The Bertz CT molecular complexity index is 1360. The maximum absolute atomic E-state index is 15.0. The van der Waals surface area contributed by atoms with Crippen LogP contribution in [0.5, 0.6) is 0 Å². The van der Waals surface area contributed by atoms with Gasteiger partial charge in [0, 0.05) is 36.6 Å². The van der Waals surface area contributed by atoms with Crippen LogP contribution < -0.4 is 5.32 Å². The molecule has 4 atom stereocenters. The van der Waals surface area contributed by atoms with Crippen molar-refractivity contribution in [1.29, 1.82) is 5.26 Å². The molecule has 2 amide bonds. The number of hydrogen-bond donors (Lipinski definition) is 1. The standard InChI is InChI=1S/C27H29FN6O3/c1-27(2,3)37-26(36)34-20-7-6-18(11-20)24(34)25(35)31-19(13-29)10-16-4-5-17(12-21(16)28)22-15-33-9-8-30-14-23(33)32-22/h4-5,8-9,12,14-15,18-20,24H,6-7,10-11H2,1-3H3,(H,31,35)/t18-,19-,20+,24-/m0/s1. The Labute approximate surface area is 214 Å². The first-order valence-corrected chi connectivity index (χ1v) is 12.4. The van der Waals surface area contributed by atoms with E-state index in [1.165, 1.54) is 11.0 Å². The van der Waals surface area contributed by atoms with Crippen LogP contribution in [0.4, 0.5) is 9.18 Å². The Morgan fingerprint density at radius 1 is 1.32 bits per heavy atom. The number of aromatic nitrogens is 3. The highest BCUT2D eigenvalue weighted by Gasteiger charge is 2.52. The number of carbonyl (C=O) groups excluding carboxylic acids is 2. The fourth-order valence-corrected chi connectivity index (χ4v) is 5.36. The van der Waals surface area contributed by atoms with Gasteiger partial charge in [0.15, 0.2) is 5.65 Å². The van der Waals surface area contributed by atoms with Crippen molar-refractivity contribution in [2.24, 2.45) is 5.92 Å². The third-order valence-electron chi connectivity index (χ3n) is 6.97. The lowest BCUT2D eigenvalue weighted by Crippen LogP contribution is -2.55. The first-order chi connectivity index (χ1) is 17.6. The van der Waals surface area contributed by atoms with Gasteiger partial charge < -0.3 is 14.5 Å². The van der Waals surface area contributed by atoms with Crippen LogP contribution in [0.2, 0.25) is 0 Å². The highest BCUT2D eigenvalue weighted by Crippen LogP contribution is 2.43. The maximum Gasteiger partial charge on any atom is 0.411 e. The molecule has 2 aliphatic rings. The van der Waals surface area contributed by atoms with Crippen LogP contribution in [-0.2, 0) is 16.0 Å². The topological polar surface area (TPSA) is 113 Å². The molecule has 3 aromatic rings. The summed E-state index contributed by atoms with van der Waals surface area (Å²) in [5, 5.41) is 12.5. The zero-order chi connectivity index (χ0) is 26.3. The molecule has 1 saturated carbocycles. The van der Waals surface area contributed by atoms with Gasteiger partial charge in [0.05, 0.1) is 18.0 Å². The fourth-order valence-electron chi connectivity index (χ4n) is 5.36. The van der Waals surface area contributed by atoms with Crippen molar-refractivity contribution in [2.75, 3.05) is 0 Å². The first-order valence-electron chi connectivity index (χ1n) is 12.4. The summed E-state index contributed by atoms with van der Waals surface area (Å²) in [5.41, 5.74) is 1.46. The smallest absolute Gasteiger partial charge is 0.411 e. The number of likely N-dealkylation sites (tertiary alicyclic amines) is 1. The average Bonchev–Trinajstić information content (AvgIpc) is 3.57. The molecule has 5 rings (SSSR count). The second kappa shape index (κ2) is 9.47. The minimum Gasteiger partial charge on any atom is -0.444 e. The number of halogens is 1. The highest BCUT2D eigenvalue weighted by atomic mass is 19.1. The fraction of sp³-hybridized carbons (Fsp3) is 0.444. The molecule has 2 bridgehead atoms. The molecular weight excluding hydrogens is 475 g/mol. The molecule has 192 valence electrons.